The van der Waals surface area contributed by atoms with Gasteiger partial charge in [-0.1, -0.05) is 20.8 Å². The van der Waals surface area contributed by atoms with E-state index in [1.807, 2.05) is 0 Å². The van der Waals surface area contributed by atoms with Crippen molar-refractivity contribution in [1.82, 2.24) is 0 Å². The summed E-state index contributed by atoms with van der Waals surface area (Å²) in [5, 5.41) is 33.1. The summed E-state index contributed by atoms with van der Waals surface area (Å²) in [5.74, 6) is 1.60. The van der Waals surface area contributed by atoms with Gasteiger partial charge in [0.1, 0.15) is 0 Å². The number of aliphatic hydroxyl groups excluding tert-OH is 3. The van der Waals surface area contributed by atoms with Crippen LogP contribution in [0.15, 0.2) is 0 Å². The van der Waals surface area contributed by atoms with Gasteiger partial charge in [-0.2, -0.15) is 0 Å². The van der Waals surface area contributed by atoms with Gasteiger partial charge in [0.15, 0.2) is 0 Å². The minimum atomic E-state index is -4.65. The molecule has 0 unspecified atom stereocenters. The standard InChI is InChI=1S/C24H42O7S.Na/c1-14(5-4-10-31-32(28,29)30)17-6-7-18-22-19(13-21(27)24(17,18)3)23(2)9-8-16(25)11-15(23)12-20(22)26;/h14-22,25-27H,4-13H2,1-3H3,(H,28,29,30);/q;+1/p-1/t14-,15+,16-,17-,18+,19+,20-,21+,22+,23+,24-;/m1./s1. The van der Waals surface area contributed by atoms with Crippen LogP contribution >= 0.6 is 0 Å². The molecule has 11 atom stereocenters. The molecule has 4 aliphatic rings. The third kappa shape index (κ3) is 5.12. The summed E-state index contributed by atoms with van der Waals surface area (Å²) in [4.78, 5) is 0. The smallest absolute Gasteiger partial charge is 0.726 e. The van der Waals surface area contributed by atoms with Crippen LogP contribution in [0.2, 0.25) is 0 Å². The molecule has 186 valence electrons. The Morgan fingerprint density at radius 2 is 1.76 bits per heavy atom. The zero-order valence-electron chi connectivity index (χ0n) is 20.7. The van der Waals surface area contributed by atoms with Gasteiger partial charge in [0.2, 0.25) is 10.4 Å². The van der Waals surface area contributed by atoms with Crippen molar-refractivity contribution >= 4 is 10.4 Å². The first-order valence-corrected chi connectivity index (χ1v) is 13.9. The van der Waals surface area contributed by atoms with Gasteiger partial charge >= 0.3 is 29.6 Å². The van der Waals surface area contributed by atoms with Crippen LogP contribution in [-0.2, 0) is 14.6 Å². The molecule has 0 saturated heterocycles. The minimum absolute atomic E-state index is 0. The molecule has 4 fully saturated rings. The summed E-state index contributed by atoms with van der Waals surface area (Å²) in [7, 11) is -4.65. The molecule has 0 heterocycles. The summed E-state index contributed by atoms with van der Waals surface area (Å²) in [6.45, 7) is 6.60. The van der Waals surface area contributed by atoms with Crippen LogP contribution in [0.1, 0.15) is 78.6 Å². The fourth-order valence-corrected chi connectivity index (χ4v) is 9.22. The van der Waals surface area contributed by atoms with Gasteiger partial charge in [0, 0.05) is 0 Å². The van der Waals surface area contributed by atoms with E-state index in [9.17, 15) is 28.3 Å². The van der Waals surface area contributed by atoms with Gasteiger partial charge in [-0.25, -0.2) is 8.42 Å². The number of rotatable bonds is 6. The van der Waals surface area contributed by atoms with E-state index in [1.165, 1.54) is 0 Å². The van der Waals surface area contributed by atoms with Crippen molar-refractivity contribution in [3.63, 3.8) is 0 Å². The van der Waals surface area contributed by atoms with Gasteiger partial charge in [-0.15, -0.1) is 0 Å². The Labute approximate surface area is 221 Å². The molecule has 0 aromatic rings. The van der Waals surface area contributed by atoms with E-state index < -0.39 is 16.5 Å². The van der Waals surface area contributed by atoms with Crippen LogP contribution in [-0.4, -0.2) is 53.2 Å². The Morgan fingerprint density at radius 1 is 1.06 bits per heavy atom. The van der Waals surface area contributed by atoms with E-state index in [0.717, 1.165) is 44.9 Å². The fraction of sp³-hybridized carbons (Fsp3) is 1.00. The van der Waals surface area contributed by atoms with Gasteiger partial charge in [-0.3, -0.25) is 4.18 Å². The average Bonchev–Trinajstić information content (AvgIpc) is 3.05. The summed E-state index contributed by atoms with van der Waals surface area (Å²) >= 11 is 0. The van der Waals surface area contributed by atoms with Crippen molar-refractivity contribution in [1.29, 1.82) is 0 Å². The summed E-state index contributed by atoms with van der Waals surface area (Å²) < 4.78 is 36.4. The zero-order valence-corrected chi connectivity index (χ0v) is 23.5. The zero-order chi connectivity index (χ0) is 23.5. The first-order valence-electron chi connectivity index (χ1n) is 12.5. The largest absolute Gasteiger partial charge is 1.00 e. The van der Waals surface area contributed by atoms with Crippen LogP contribution in [0.5, 0.6) is 0 Å². The molecule has 0 aromatic carbocycles. The van der Waals surface area contributed by atoms with Crippen LogP contribution in [0.3, 0.4) is 0 Å². The molecule has 33 heavy (non-hydrogen) atoms. The molecule has 9 heteroatoms. The molecule has 0 bridgehead atoms. The quantitative estimate of drug-likeness (QED) is 0.202. The molecule has 0 spiro atoms. The number of fused-ring (bicyclic) bond motifs is 5. The maximum absolute atomic E-state index is 11.5. The second-order valence-electron chi connectivity index (χ2n) is 11.9. The van der Waals surface area contributed by atoms with Gasteiger partial charge in [-0.05, 0) is 104 Å². The molecule has 4 aliphatic carbocycles. The fourth-order valence-electron chi connectivity index (χ4n) is 8.90. The topological polar surface area (TPSA) is 127 Å². The number of hydrogen-bond donors (Lipinski definition) is 3. The summed E-state index contributed by atoms with van der Waals surface area (Å²) in [6, 6.07) is 0. The Balaban J connectivity index is 0.00000306. The van der Waals surface area contributed by atoms with E-state index in [2.05, 4.69) is 25.0 Å². The van der Waals surface area contributed by atoms with Crippen LogP contribution in [0.25, 0.3) is 0 Å². The monoisotopic (exact) mass is 496 g/mol. The first kappa shape index (κ1) is 28.3. The average molecular weight is 497 g/mol. The van der Waals surface area contributed by atoms with Crippen molar-refractivity contribution < 1.29 is 62.0 Å². The second kappa shape index (κ2) is 10.3. The third-order valence-electron chi connectivity index (χ3n) is 10.6. The maximum atomic E-state index is 11.5. The van der Waals surface area contributed by atoms with Crippen LogP contribution < -0.4 is 29.6 Å². The molecule has 0 amide bonds. The maximum Gasteiger partial charge on any atom is 1.00 e. The minimum Gasteiger partial charge on any atom is -0.726 e. The van der Waals surface area contributed by atoms with Gasteiger partial charge < -0.3 is 19.9 Å². The molecule has 4 rings (SSSR count). The Morgan fingerprint density at radius 3 is 2.42 bits per heavy atom. The molecule has 0 aliphatic heterocycles. The molecule has 0 radical (unpaired) electrons. The molecular formula is C24H41NaO7S. The van der Waals surface area contributed by atoms with Crippen LogP contribution in [0.4, 0.5) is 0 Å². The van der Waals surface area contributed by atoms with E-state index in [4.69, 9.17) is 0 Å². The van der Waals surface area contributed by atoms with Crippen molar-refractivity contribution in [2.24, 2.45) is 46.3 Å². The summed E-state index contributed by atoms with van der Waals surface area (Å²) in [5.41, 5.74) is -0.208. The molecule has 0 aromatic heterocycles. The SMILES string of the molecule is C[C@H](CCCOS(=O)(=O)[O-])[C@H]1CC[C@H]2[C@@H]3[C@H](O)C[C@@H]4C[C@H](O)CC[C@]4(C)[C@H]3C[C@H](O)[C@]12C.[Na+]. The second-order valence-corrected chi connectivity index (χ2v) is 12.9. The molecule has 7 nitrogen and oxygen atoms in total. The Bertz CT molecular complexity index is 794. The van der Waals surface area contributed by atoms with Crippen molar-refractivity contribution in [3.05, 3.63) is 0 Å². The predicted molar refractivity (Wildman–Crippen MR) is 118 cm³/mol. The number of aliphatic hydroxyl groups is 3. The van der Waals surface area contributed by atoms with E-state index >= 15 is 0 Å². The van der Waals surface area contributed by atoms with E-state index in [0.29, 0.717) is 24.7 Å². The normalized spacial score (nSPS) is 48.2. The third-order valence-corrected chi connectivity index (χ3v) is 11.0. The first-order chi connectivity index (χ1) is 14.9. The van der Waals surface area contributed by atoms with Gasteiger partial charge in [0.25, 0.3) is 0 Å². The van der Waals surface area contributed by atoms with Crippen molar-refractivity contribution in [2.45, 2.75) is 96.9 Å². The number of hydrogen-bond acceptors (Lipinski definition) is 7. The molecule has 4 saturated carbocycles. The van der Waals surface area contributed by atoms with Gasteiger partial charge in [0.05, 0.1) is 24.9 Å². The Kier molecular flexibility index (Phi) is 8.80. The van der Waals surface area contributed by atoms with Crippen LogP contribution in [0, 0.1) is 46.3 Å². The molecular weight excluding hydrogens is 455 g/mol. The van der Waals surface area contributed by atoms with Crippen molar-refractivity contribution in [3.8, 4) is 0 Å². The predicted octanol–water partition coefficient (Wildman–Crippen LogP) is -0.155. The Hall–Kier alpha value is 0.750. The summed E-state index contributed by atoms with van der Waals surface area (Å²) in [6.07, 6.45) is 6.12. The van der Waals surface area contributed by atoms with E-state index in [-0.39, 0.29) is 82.9 Å². The molecule has 3 N–H and O–H groups in total. The van der Waals surface area contributed by atoms with E-state index in [1.54, 1.807) is 0 Å². The van der Waals surface area contributed by atoms with Crippen molar-refractivity contribution in [2.75, 3.05) is 6.61 Å².